The quantitative estimate of drug-likeness (QED) is 0.807. The number of halogens is 2. The van der Waals surface area contributed by atoms with E-state index in [0.29, 0.717) is 18.1 Å². The van der Waals surface area contributed by atoms with Crippen LogP contribution in [0.1, 0.15) is 12.5 Å². The molecule has 0 saturated heterocycles. The SMILES string of the molecule is CCOC1OC(N(C)C)=C(c2cccc(OC(F)F)c2)C1=O. The van der Waals surface area contributed by atoms with E-state index in [-0.39, 0.29) is 17.1 Å². The van der Waals surface area contributed by atoms with Crippen molar-refractivity contribution in [1.82, 2.24) is 4.90 Å². The Labute approximate surface area is 127 Å². The van der Waals surface area contributed by atoms with Gasteiger partial charge in [0.15, 0.2) is 0 Å². The third-order valence-corrected chi connectivity index (χ3v) is 2.97. The van der Waals surface area contributed by atoms with Gasteiger partial charge in [-0.05, 0) is 24.6 Å². The van der Waals surface area contributed by atoms with E-state index in [1.165, 1.54) is 18.2 Å². The average Bonchev–Trinajstić information content (AvgIpc) is 2.76. The Morgan fingerprint density at radius 2 is 2.09 bits per heavy atom. The standard InChI is InChI=1S/C15H17F2NO4/c1-4-20-14-12(19)11(13(22-14)18(2)3)9-6-5-7-10(8-9)21-15(16)17/h5-8,14-15H,4H2,1-3H3. The Morgan fingerprint density at radius 1 is 1.36 bits per heavy atom. The van der Waals surface area contributed by atoms with E-state index in [0.717, 1.165) is 0 Å². The number of benzene rings is 1. The highest BCUT2D eigenvalue weighted by atomic mass is 19.3. The van der Waals surface area contributed by atoms with Crippen molar-refractivity contribution in [2.75, 3.05) is 20.7 Å². The zero-order valence-electron chi connectivity index (χ0n) is 12.5. The Balaban J connectivity index is 2.39. The molecular weight excluding hydrogens is 296 g/mol. The molecule has 22 heavy (non-hydrogen) atoms. The van der Waals surface area contributed by atoms with Crippen LogP contribution < -0.4 is 4.74 Å². The summed E-state index contributed by atoms with van der Waals surface area (Å²) in [5.41, 5.74) is 0.720. The van der Waals surface area contributed by atoms with Gasteiger partial charge in [0.1, 0.15) is 5.75 Å². The van der Waals surface area contributed by atoms with Crippen LogP contribution in [0.4, 0.5) is 8.78 Å². The molecule has 1 atom stereocenters. The second kappa shape index (κ2) is 6.74. The van der Waals surface area contributed by atoms with Crippen molar-refractivity contribution in [3.8, 4) is 5.75 Å². The minimum Gasteiger partial charge on any atom is -0.441 e. The first-order valence-corrected chi connectivity index (χ1v) is 6.73. The molecule has 0 saturated carbocycles. The number of hydrogen-bond donors (Lipinski definition) is 0. The maximum Gasteiger partial charge on any atom is 0.387 e. The minimum atomic E-state index is -2.93. The summed E-state index contributed by atoms with van der Waals surface area (Å²) in [6.07, 6.45) is -1.02. The molecule has 0 N–H and O–H groups in total. The summed E-state index contributed by atoms with van der Waals surface area (Å²) < 4.78 is 39.8. The number of hydrogen-bond acceptors (Lipinski definition) is 5. The van der Waals surface area contributed by atoms with Crippen molar-refractivity contribution in [2.24, 2.45) is 0 Å². The number of ether oxygens (including phenoxy) is 3. The van der Waals surface area contributed by atoms with Gasteiger partial charge in [0.2, 0.25) is 11.7 Å². The predicted molar refractivity (Wildman–Crippen MR) is 75.2 cm³/mol. The number of nitrogens with zero attached hydrogens (tertiary/aromatic N) is 1. The van der Waals surface area contributed by atoms with Crippen LogP contribution >= 0.6 is 0 Å². The van der Waals surface area contributed by atoms with Gasteiger partial charge in [-0.1, -0.05) is 12.1 Å². The summed E-state index contributed by atoms with van der Waals surface area (Å²) in [6.45, 7) is -0.857. The lowest BCUT2D eigenvalue weighted by molar-refractivity contribution is -0.150. The molecule has 0 bridgehead atoms. The maximum atomic E-state index is 12.4. The minimum absolute atomic E-state index is 0.0224. The Bertz CT molecular complexity index is 587. The lowest BCUT2D eigenvalue weighted by Gasteiger charge is -2.16. The molecule has 0 spiro atoms. The van der Waals surface area contributed by atoms with Crippen LogP contribution in [0.5, 0.6) is 5.75 Å². The second-order valence-corrected chi connectivity index (χ2v) is 4.75. The van der Waals surface area contributed by atoms with Crippen LogP contribution in [-0.2, 0) is 14.3 Å². The number of alkyl halides is 2. The van der Waals surface area contributed by atoms with Gasteiger partial charge in [0.05, 0.1) is 5.57 Å². The van der Waals surface area contributed by atoms with Gasteiger partial charge in [-0.3, -0.25) is 4.79 Å². The number of ketones is 1. The van der Waals surface area contributed by atoms with Crippen molar-refractivity contribution >= 4 is 11.4 Å². The van der Waals surface area contributed by atoms with Gasteiger partial charge >= 0.3 is 6.61 Å². The molecule has 120 valence electrons. The van der Waals surface area contributed by atoms with Gasteiger partial charge in [-0.25, -0.2) is 0 Å². The van der Waals surface area contributed by atoms with Gasteiger partial charge in [-0.15, -0.1) is 0 Å². The third kappa shape index (κ3) is 3.36. The monoisotopic (exact) mass is 313 g/mol. The van der Waals surface area contributed by atoms with Gasteiger partial charge < -0.3 is 19.1 Å². The Morgan fingerprint density at radius 3 is 2.68 bits per heavy atom. The topological polar surface area (TPSA) is 48.0 Å². The predicted octanol–water partition coefficient (Wildman–Crippen LogP) is 2.48. The van der Waals surface area contributed by atoms with E-state index in [1.807, 2.05) is 0 Å². The third-order valence-electron chi connectivity index (χ3n) is 2.97. The van der Waals surface area contributed by atoms with Crippen molar-refractivity contribution < 1.29 is 27.8 Å². The first-order chi connectivity index (χ1) is 10.4. The molecule has 0 fully saturated rings. The van der Waals surface area contributed by atoms with Crippen LogP contribution in [0.2, 0.25) is 0 Å². The fourth-order valence-corrected chi connectivity index (χ4v) is 2.12. The molecule has 0 amide bonds. The van der Waals surface area contributed by atoms with Crippen molar-refractivity contribution in [2.45, 2.75) is 19.8 Å². The molecule has 1 aromatic carbocycles. The number of rotatable bonds is 6. The first-order valence-electron chi connectivity index (χ1n) is 6.73. The average molecular weight is 313 g/mol. The first kappa shape index (κ1) is 16.2. The highest BCUT2D eigenvalue weighted by Gasteiger charge is 2.37. The van der Waals surface area contributed by atoms with Crippen LogP contribution in [0.3, 0.4) is 0 Å². The van der Waals surface area contributed by atoms with Crippen LogP contribution in [0, 0.1) is 0 Å². The molecule has 5 nitrogen and oxygen atoms in total. The summed E-state index contributed by atoms with van der Waals surface area (Å²) in [4.78, 5) is 14.1. The number of Topliss-reactive ketones (excluding diaryl/α,β-unsaturated/α-hetero) is 1. The second-order valence-electron chi connectivity index (χ2n) is 4.75. The van der Waals surface area contributed by atoms with E-state index in [2.05, 4.69) is 4.74 Å². The highest BCUT2D eigenvalue weighted by Crippen LogP contribution is 2.33. The Hall–Kier alpha value is -2.15. The largest absolute Gasteiger partial charge is 0.441 e. The van der Waals surface area contributed by atoms with Crippen LogP contribution in [0.15, 0.2) is 30.1 Å². The summed E-state index contributed by atoms with van der Waals surface area (Å²) in [5.74, 6) is -0.0387. The Kier molecular flexibility index (Phi) is 4.97. The van der Waals surface area contributed by atoms with Crippen LogP contribution in [-0.4, -0.2) is 44.3 Å². The summed E-state index contributed by atoms with van der Waals surface area (Å²) in [7, 11) is 3.44. The van der Waals surface area contributed by atoms with Crippen LogP contribution in [0.25, 0.3) is 5.57 Å². The fourth-order valence-electron chi connectivity index (χ4n) is 2.12. The number of carbonyl (C=O) groups excluding carboxylic acids is 1. The molecule has 1 aromatic rings. The molecule has 0 aromatic heterocycles. The smallest absolute Gasteiger partial charge is 0.387 e. The molecule has 1 heterocycles. The zero-order chi connectivity index (χ0) is 16.3. The molecular formula is C15H17F2NO4. The van der Waals surface area contributed by atoms with E-state index >= 15 is 0 Å². The van der Waals surface area contributed by atoms with Crippen molar-refractivity contribution in [3.63, 3.8) is 0 Å². The summed E-state index contributed by atoms with van der Waals surface area (Å²) in [5, 5.41) is 0. The molecule has 0 radical (unpaired) electrons. The normalized spacial score (nSPS) is 17.9. The molecule has 0 aliphatic carbocycles. The lowest BCUT2D eigenvalue weighted by Crippen LogP contribution is -2.22. The van der Waals surface area contributed by atoms with Crippen molar-refractivity contribution in [1.29, 1.82) is 0 Å². The van der Waals surface area contributed by atoms with E-state index < -0.39 is 12.9 Å². The summed E-state index contributed by atoms with van der Waals surface area (Å²) >= 11 is 0. The summed E-state index contributed by atoms with van der Waals surface area (Å²) in [6, 6.07) is 5.94. The highest BCUT2D eigenvalue weighted by molar-refractivity contribution is 6.24. The van der Waals surface area contributed by atoms with Gasteiger partial charge in [-0.2, -0.15) is 8.78 Å². The molecule has 1 unspecified atom stereocenters. The van der Waals surface area contributed by atoms with Gasteiger partial charge in [0.25, 0.3) is 6.29 Å². The van der Waals surface area contributed by atoms with E-state index in [1.54, 1.807) is 32.0 Å². The van der Waals surface area contributed by atoms with E-state index in [9.17, 15) is 13.6 Å². The molecule has 1 aliphatic rings. The number of carbonyl (C=O) groups is 1. The maximum absolute atomic E-state index is 12.4. The van der Waals surface area contributed by atoms with Crippen molar-refractivity contribution in [3.05, 3.63) is 35.7 Å². The fraction of sp³-hybridized carbons (Fsp3) is 0.400. The molecule has 1 aliphatic heterocycles. The molecule has 2 rings (SSSR count). The van der Waals surface area contributed by atoms with Gasteiger partial charge in [0, 0.05) is 20.7 Å². The molecule has 7 heteroatoms. The zero-order valence-corrected chi connectivity index (χ0v) is 12.5. The lowest BCUT2D eigenvalue weighted by atomic mass is 10.0. The van der Waals surface area contributed by atoms with E-state index in [4.69, 9.17) is 9.47 Å².